The van der Waals surface area contributed by atoms with E-state index >= 15 is 0 Å². The molecule has 3 rings (SSSR count). The first kappa shape index (κ1) is 14.4. The summed E-state index contributed by atoms with van der Waals surface area (Å²) in [5.74, 6) is 0. The summed E-state index contributed by atoms with van der Waals surface area (Å²) in [4.78, 5) is 0. The predicted molar refractivity (Wildman–Crippen MR) is 91.1 cm³/mol. The normalized spacial score (nSPS) is 10.8. The molecule has 0 radical (unpaired) electrons. The van der Waals surface area contributed by atoms with E-state index < -0.39 is 0 Å². The summed E-state index contributed by atoms with van der Waals surface area (Å²) < 4.78 is 2.66. The molecule has 1 heterocycles. The van der Waals surface area contributed by atoms with Crippen LogP contribution in [0.15, 0.2) is 53.1 Å². The summed E-state index contributed by atoms with van der Waals surface area (Å²) >= 11 is 15.5. The first-order chi connectivity index (χ1) is 10.0. The second kappa shape index (κ2) is 5.72. The minimum Gasteiger partial charge on any atom is -0.396 e. The molecule has 106 valence electrons. The predicted octanol–water partition coefficient (Wildman–Crippen LogP) is 5.19. The summed E-state index contributed by atoms with van der Waals surface area (Å²) in [5, 5.41) is 5.62. The third-order valence-corrected chi connectivity index (χ3v) is 4.08. The molecule has 6 heteroatoms. The molecule has 0 aliphatic rings. The van der Waals surface area contributed by atoms with Gasteiger partial charge in [-0.2, -0.15) is 5.10 Å². The van der Waals surface area contributed by atoms with Crippen molar-refractivity contribution in [2.75, 3.05) is 5.73 Å². The Morgan fingerprint density at radius 1 is 1.05 bits per heavy atom. The van der Waals surface area contributed by atoms with E-state index in [1.54, 1.807) is 23.0 Å². The fraction of sp³-hybridized carbons (Fsp3) is 0. The number of nitrogens with zero attached hydrogens (tertiary/aromatic N) is 2. The number of anilines is 1. The number of nitrogen functional groups attached to an aromatic ring is 1. The number of hydrogen-bond acceptors (Lipinski definition) is 2. The third-order valence-electron chi connectivity index (χ3n) is 3.02. The molecule has 1 aromatic heterocycles. The average Bonchev–Trinajstić information content (AvgIpc) is 2.81. The smallest absolute Gasteiger partial charge is 0.116 e. The van der Waals surface area contributed by atoms with E-state index in [9.17, 15) is 0 Å². The van der Waals surface area contributed by atoms with E-state index in [1.165, 1.54) is 0 Å². The lowest BCUT2D eigenvalue weighted by molar-refractivity contribution is 0.885. The first-order valence-electron chi connectivity index (χ1n) is 6.11. The first-order valence-corrected chi connectivity index (χ1v) is 7.66. The van der Waals surface area contributed by atoms with Crippen LogP contribution in [0.2, 0.25) is 10.0 Å². The zero-order valence-electron chi connectivity index (χ0n) is 10.7. The maximum Gasteiger partial charge on any atom is 0.116 e. The molecule has 0 aliphatic carbocycles. The van der Waals surface area contributed by atoms with Gasteiger partial charge in [-0.15, -0.1) is 0 Å². The molecule has 0 spiro atoms. The molecular formula is C15H10BrCl2N3. The van der Waals surface area contributed by atoms with Gasteiger partial charge < -0.3 is 5.73 Å². The van der Waals surface area contributed by atoms with Crippen molar-refractivity contribution in [2.24, 2.45) is 0 Å². The Kier molecular flexibility index (Phi) is 3.93. The van der Waals surface area contributed by atoms with Gasteiger partial charge in [0.05, 0.1) is 22.6 Å². The lowest BCUT2D eigenvalue weighted by Crippen LogP contribution is -1.95. The van der Waals surface area contributed by atoms with Gasteiger partial charge in [-0.05, 0) is 30.3 Å². The van der Waals surface area contributed by atoms with Gasteiger partial charge in [0.1, 0.15) is 5.69 Å². The summed E-state index contributed by atoms with van der Waals surface area (Å²) in [7, 11) is 0. The standard InChI is InChI=1S/C15H10BrCl2N3/c16-10-3-1-9(2-4-10)15-13(19)8-21(20-15)14-6-5-11(17)7-12(14)18/h1-8H,19H2. The quantitative estimate of drug-likeness (QED) is 0.662. The molecule has 0 fully saturated rings. The molecule has 0 bridgehead atoms. The van der Waals surface area contributed by atoms with Crippen LogP contribution in [0.1, 0.15) is 0 Å². The Hall–Kier alpha value is -1.49. The van der Waals surface area contributed by atoms with Crippen LogP contribution in [0.4, 0.5) is 5.69 Å². The van der Waals surface area contributed by atoms with Crippen LogP contribution in [0.3, 0.4) is 0 Å². The molecule has 0 amide bonds. The third kappa shape index (κ3) is 2.93. The van der Waals surface area contributed by atoms with E-state index in [4.69, 9.17) is 28.9 Å². The van der Waals surface area contributed by atoms with Crippen molar-refractivity contribution >= 4 is 44.8 Å². The largest absolute Gasteiger partial charge is 0.396 e. The van der Waals surface area contributed by atoms with Gasteiger partial charge in [0, 0.05) is 15.1 Å². The van der Waals surface area contributed by atoms with Crippen molar-refractivity contribution in [1.29, 1.82) is 0 Å². The number of benzene rings is 2. The maximum atomic E-state index is 6.20. The maximum absolute atomic E-state index is 6.20. The number of nitrogens with two attached hydrogens (primary N) is 1. The van der Waals surface area contributed by atoms with Crippen LogP contribution in [0.25, 0.3) is 16.9 Å². The van der Waals surface area contributed by atoms with Crippen LogP contribution < -0.4 is 5.73 Å². The fourth-order valence-corrected chi connectivity index (χ4v) is 2.77. The van der Waals surface area contributed by atoms with Crippen molar-refractivity contribution in [2.45, 2.75) is 0 Å². The molecule has 0 saturated carbocycles. The van der Waals surface area contributed by atoms with Crippen LogP contribution in [-0.2, 0) is 0 Å². The number of aromatic nitrogens is 2. The van der Waals surface area contributed by atoms with Crippen molar-refractivity contribution < 1.29 is 0 Å². The Labute approximate surface area is 140 Å². The van der Waals surface area contributed by atoms with Crippen molar-refractivity contribution in [3.8, 4) is 16.9 Å². The lowest BCUT2D eigenvalue weighted by Gasteiger charge is -2.04. The van der Waals surface area contributed by atoms with Crippen molar-refractivity contribution in [3.63, 3.8) is 0 Å². The van der Waals surface area contributed by atoms with Crippen LogP contribution in [-0.4, -0.2) is 9.78 Å². The zero-order chi connectivity index (χ0) is 15.0. The second-order valence-electron chi connectivity index (χ2n) is 4.48. The van der Waals surface area contributed by atoms with E-state index in [1.807, 2.05) is 30.3 Å². The van der Waals surface area contributed by atoms with Crippen LogP contribution >= 0.6 is 39.1 Å². The van der Waals surface area contributed by atoms with Crippen molar-refractivity contribution in [3.05, 3.63) is 63.2 Å². The molecule has 0 saturated heterocycles. The highest BCUT2D eigenvalue weighted by Crippen LogP contribution is 2.29. The zero-order valence-corrected chi connectivity index (χ0v) is 13.8. The van der Waals surface area contributed by atoms with E-state index in [-0.39, 0.29) is 0 Å². The summed E-state index contributed by atoms with van der Waals surface area (Å²) in [6.07, 6.45) is 1.74. The molecule has 0 aliphatic heterocycles. The van der Waals surface area contributed by atoms with E-state index in [2.05, 4.69) is 21.0 Å². The summed E-state index contributed by atoms with van der Waals surface area (Å²) in [6, 6.07) is 13.1. The lowest BCUT2D eigenvalue weighted by atomic mass is 10.1. The Balaban J connectivity index is 2.07. The van der Waals surface area contributed by atoms with E-state index in [0.29, 0.717) is 21.4 Å². The van der Waals surface area contributed by atoms with Crippen molar-refractivity contribution in [1.82, 2.24) is 9.78 Å². The van der Waals surface area contributed by atoms with Gasteiger partial charge in [0.2, 0.25) is 0 Å². The highest BCUT2D eigenvalue weighted by atomic mass is 79.9. The Bertz CT molecular complexity index is 797. The molecule has 2 aromatic carbocycles. The van der Waals surface area contributed by atoms with Gasteiger partial charge >= 0.3 is 0 Å². The van der Waals surface area contributed by atoms with Gasteiger partial charge in [-0.3, -0.25) is 0 Å². The molecule has 0 atom stereocenters. The number of hydrogen-bond donors (Lipinski definition) is 1. The summed E-state index contributed by atoms with van der Waals surface area (Å²) in [5.41, 5.74) is 9.04. The molecule has 2 N–H and O–H groups in total. The van der Waals surface area contributed by atoms with Crippen LogP contribution in [0, 0.1) is 0 Å². The fourth-order valence-electron chi connectivity index (χ4n) is 2.01. The van der Waals surface area contributed by atoms with E-state index in [0.717, 1.165) is 15.7 Å². The highest BCUT2D eigenvalue weighted by molar-refractivity contribution is 9.10. The topological polar surface area (TPSA) is 43.8 Å². The second-order valence-corrected chi connectivity index (χ2v) is 6.24. The number of rotatable bonds is 2. The van der Waals surface area contributed by atoms with Gasteiger partial charge in [0.15, 0.2) is 0 Å². The molecule has 3 aromatic rings. The molecular weight excluding hydrogens is 373 g/mol. The monoisotopic (exact) mass is 381 g/mol. The van der Waals surface area contributed by atoms with Crippen LogP contribution in [0.5, 0.6) is 0 Å². The number of halogens is 3. The van der Waals surface area contributed by atoms with Gasteiger partial charge in [-0.1, -0.05) is 51.3 Å². The highest BCUT2D eigenvalue weighted by Gasteiger charge is 2.11. The Morgan fingerprint density at radius 2 is 1.76 bits per heavy atom. The minimum absolute atomic E-state index is 0.521. The molecule has 0 unspecified atom stereocenters. The minimum atomic E-state index is 0.521. The van der Waals surface area contributed by atoms with Gasteiger partial charge in [0.25, 0.3) is 0 Å². The Morgan fingerprint density at radius 3 is 2.43 bits per heavy atom. The molecule has 3 nitrogen and oxygen atoms in total. The van der Waals surface area contributed by atoms with Gasteiger partial charge in [-0.25, -0.2) is 4.68 Å². The molecule has 21 heavy (non-hydrogen) atoms. The SMILES string of the molecule is Nc1cn(-c2ccc(Cl)cc2Cl)nc1-c1ccc(Br)cc1. The average molecular weight is 383 g/mol. The summed E-state index contributed by atoms with van der Waals surface area (Å²) in [6.45, 7) is 0.